The van der Waals surface area contributed by atoms with Crippen LogP contribution in [0.25, 0.3) is 0 Å². The van der Waals surface area contributed by atoms with Crippen LogP contribution in [0.4, 0.5) is 0 Å². The molecule has 3 rings (SSSR count). The minimum absolute atomic E-state index is 0. The van der Waals surface area contributed by atoms with Crippen LogP contribution in [0.3, 0.4) is 0 Å². The summed E-state index contributed by atoms with van der Waals surface area (Å²) >= 11 is 0. The minimum Gasteiger partial charge on any atom is -0.342 e. The van der Waals surface area contributed by atoms with E-state index in [9.17, 15) is 9.59 Å². The predicted molar refractivity (Wildman–Crippen MR) is 97.2 cm³/mol. The van der Waals surface area contributed by atoms with Crippen LogP contribution in [0.1, 0.15) is 64.7 Å². The van der Waals surface area contributed by atoms with E-state index in [0.717, 1.165) is 64.1 Å². The van der Waals surface area contributed by atoms with Crippen LogP contribution in [-0.4, -0.2) is 47.9 Å². The van der Waals surface area contributed by atoms with Crippen molar-refractivity contribution >= 4 is 24.2 Å². The van der Waals surface area contributed by atoms with E-state index in [2.05, 4.69) is 10.6 Å². The van der Waals surface area contributed by atoms with Gasteiger partial charge >= 0.3 is 0 Å². The number of hydrogen-bond acceptors (Lipinski definition) is 3. The number of rotatable bonds is 5. The topological polar surface area (TPSA) is 61.4 Å². The molecule has 0 bridgehead atoms. The molecule has 1 saturated heterocycles. The van der Waals surface area contributed by atoms with Gasteiger partial charge < -0.3 is 15.5 Å². The van der Waals surface area contributed by atoms with Gasteiger partial charge in [-0.15, -0.1) is 12.4 Å². The Labute approximate surface area is 151 Å². The Morgan fingerprint density at radius 2 is 1.67 bits per heavy atom. The van der Waals surface area contributed by atoms with Crippen molar-refractivity contribution in [1.82, 2.24) is 15.5 Å². The largest absolute Gasteiger partial charge is 0.342 e. The van der Waals surface area contributed by atoms with Gasteiger partial charge in [0, 0.05) is 26.1 Å². The van der Waals surface area contributed by atoms with E-state index in [1.54, 1.807) is 0 Å². The van der Waals surface area contributed by atoms with Crippen LogP contribution in [0.5, 0.6) is 0 Å². The average molecular weight is 358 g/mol. The maximum atomic E-state index is 13.1. The second kappa shape index (κ2) is 8.52. The Bertz CT molecular complexity index is 440. The Morgan fingerprint density at radius 3 is 2.21 bits per heavy atom. The second-order valence-corrected chi connectivity index (χ2v) is 7.74. The Morgan fingerprint density at radius 1 is 1.04 bits per heavy atom. The first kappa shape index (κ1) is 19.5. The highest BCUT2D eigenvalue weighted by Crippen LogP contribution is 2.31. The molecular formula is C18H32ClN3O2. The van der Waals surface area contributed by atoms with Gasteiger partial charge in [0.15, 0.2) is 0 Å². The van der Waals surface area contributed by atoms with Gasteiger partial charge in [0.05, 0.1) is 0 Å². The number of carbonyl (C=O) groups is 2. The number of amides is 2. The smallest absolute Gasteiger partial charge is 0.248 e. The van der Waals surface area contributed by atoms with Gasteiger partial charge in [-0.3, -0.25) is 9.59 Å². The zero-order valence-electron chi connectivity index (χ0n) is 14.8. The van der Waals surface area contributed by atoms with Crippen LogP contribution in [0.2, 0.25) is 0 Å². The van der Waals surface area contributed by atoms with Gasteiger partial charge in [0.2, 0.25) is 11.8 Å². The van der Waals surface area contributed by atoms with Gasteiger partial charge in [0.1, 0.15) is 5.54 Å². The normalized spacial score (nSPS) is 24.1. The number of nitrogens with one attached hydrogen (secondary N) is 2. The van der Waals surface area contributed by atoms with Crippen molar-refractivity contribution < 1.29 is 9.59 Å². The van der Waals surface area contributed by atoms with E-state index in [1.807, 2.05) is 4.90 Å². The fourth-order valence-corrected chi connectivity index (χ4v) is 4.13. The van der Waals surface area contributed by atoms with E-state index in [0.29, 0.717) is 6.04 Å². The van der Waals surface area contributed by atoms with Crippen LogP contribution in [0.15, 0.2) is 0 Å². The lowest BCUT2D eigenvalue weighted by molar-refractivity contribution is -0.144. The summed E-state index contributed by atoms with van der Waals surface area (Å²) in [6.45, 7) is 4.32. The molecule has 138 valence electrons. The maximum Gasteiger partial charge on any atom is 0.248 e. The summed E-state index contributed by atoms with van der Waals surface area (Å²) in [7, 11) is 0. The van der Waals surface area contributed by atoms with Gasteiger partial charge in [-0.2, -0.15) is 0 Å². The molecule has 6 heteroatoms. The van der Waals surface area contributed by atoms with Gasteiger partial charge in [-0.25, -0.2) is 0 Å². The SMILES string of the molecule is CC(=O)NC1(C(=O)N2CCC(NCC3CC3)CC2)CCCCC1.Cl. The highest BCUT2D eigenvalue weighted by Gasteiger charge is 2.43. The fourth-order valence-electron chi connectivity index (χ4n) is 4.13. The lowest BCUT2D eigenvalue weighted by atomic mass is 9.80. The molecule has 0 unspecified atom stereocenters. The first-order valence-electron chi connectivity index (χ1n) is 9.40. The van der Waals surface area contributed by atoms with E-state index in [4.69, 9.17) is 0 Å². The Balaban J connectivity index is 0.00000208. The second-order valence-electron chi connectivity index (χ2n) is 7.74. The molecule has 3 fully saturated rings. The highest BCUT2D eigenvalue weighted by molar-refractivity contribution is 5.91. The molecule has 2 amide bonds. The first-order chi connectivity index (χ1) is 11.1. The molecule has 0 aromatic heterocycles. The average Bonchev–Trinajstić information content (AvgIpc) is 3.37. The van der Waals surface area contributed by atoms with Crippen molar-refractivity contribution in [3.63, 3.8) is 0 Å². The van der Waals surface area contributed by atoms with Crippen LogP contribution in [-0.2, 0) is 9.59 Å². The van der Waals surface area contributed by atoms with E-state index < -0.39 is 5.54 Å². The van der Waals surface area contributed by atoms with Gasteiger partial charge in [0.25, 0.3) is 0 Å². The molecule has 2 saturated carbocycles. The summed E-state index contributed by atoms with van der Waals surface area (Å²) in [5, 5.41) is 6.66. The summed E-state index contributed by atoms with van der Waals surface area (Å²) < 4.78 is 0. The number of nitrogens with zero attached hydrogens (tertiary/aromatic N) is 1. The van der Waals surface area contributed by atoms with Crippen molar-refractivity contribution in [2.24, 2.45) is 5.92 Å². The summed E-state index contributed by atoms with van der Waals surface area (Å²) in [5.41, 5.74) is -0.627. The summed E-state index contributed by atoms with van der Waals surface area (Å²) in [5.74, 6) is 0.981. The molecule has 2 aliphatic carbocycles. The number of likely N-dealkylation sites (tertiary alicyclic amines) is 1. The molecule has 1 heterocycles. The van der Waals surface area contributed by atoms with Gasteiger partial charge in [-0.05, 0) is 51.0 Å². The molecule has 0 radical (unpaired) electrons. The van der Waals surface area contributed by atoms with Crippen molar-refractivity contribution in [2.75, 3.05) is 19.6 Å². The number of carbonyl (C=O) groups excluding carboxylic acids is 2. The molecule has 2 N–H and O–H groups in total. The monoisotopic (exact) mass is 357 g/mol. The molecule has 0 atom stereocenters. The standard InChI is InChI=1S/C18H31N3O2.ClH/c1-14(22)20-18(9-3-2-4-10-18)17(23)21-11-7-16(8-12-21)19-13-15-5-6-15;/h15-16,19H,2-13H2,1H3,(H,20,22);1H. The molecular weight excluding hydrogens is 326 g/mol. The molecule has 24 heavy (non-hydrogen) atoms. The third kappa shape index (κ3) is 4.85. The zero-order chi connectivity index (χ0) is 16.3. The van der Waals surface area contributed by atoms with Gasteiger partial charge in [-0.1, -0.05) is 19.3 Å². The number of halogens is 1. The Kier molecular flexibility index (Phi) is 6.93. The molecule has 3 aliphatic rings. The quantitative estimate of drug-likeness (QED) is 0.793. The van der Waals surface area contributed by atoms with E-state index in [1.165, 1.54) is 26.2 Å². The predicted octanol–water partition coefficient (Wildman–Crippen LogP) is 2.24. The molecule has 0 spiro atoms. The van der Waals surface area contributed by atoms with Crippen molar-refractivity contribution in [3.8, 4) is 0 Å². The fraction of sp³-hybridized carbons (Fsp3) is 0.889. The molecule has 0 aromatic rings. The van der Waals surface area contributed by atoms with Crippen LogP contribution < -0.4 is 10.6 Å². The summed E-state index contributed by atoms with van der Waals surface area (Å²) in [6.07, 6.45) is 9.66. The van der Waals surface area contributed by atoms with Crippen LogP contribution >= 0.6 is 12.4 Å². The maximum absolute atomic E-state index is 13.1. The molecule has 5 nitrogen and oxygen atoms in total. The molecule has 1 aliphatic heterocycles. The first-order valence-corrected chi connectivity index (χ1v) is 9.40. The minimum atomic E-state index is -0.627. The lowest BCUT2D eigenvalue weighted by Gasteiger charge is -2.42. The summed E-state index contributed by atoms with van der Waals surface area (Å²) in [6, 6.07) is 0.558. The number of piperidine rings is 1. The summed E-state index contributed by atoms with van der Waals surface area (Å²) in [4.78, 5) is 26.7. The zero-order valence-corrected chi connectivity index (χ0v) is 15.6. The van der Waals surface area contributed by atoms with E-state index >= 15 is 0 Å². The molecule has 0 aromatic carbocycles. The Hall–Kier alpha value is -0.810. The third-order valence-electron chi connectivity index (χ3n) is 5.71. The number of hydrogen-bond donors (Lipinski definition) is 2. The van der Waals surface area contributed by atoms with E-state index in [-0.39, 0.29) is 24.2 Å². The van der Waals surface area contributed by atoms with Crippen molar-refractivity contribution in [2.45, 2.75) is 76.3 Å². The van der Waals surface area contributed by atoms with Crippen molar-refractivity contribution in [3.05, 3.63) is 0 Å². The lowest BCUT2D eigenvalue weighted by Crippen LogP contribution is -2.61. The third-order valence-corrected chi connectivity index (χ3v) is 5.71. The highest BCUT2D eigenvalue weighted by atomic mass is 35.5. The van der Waals surface area contributed by atoms with Crippen molar-refractivity contribution in [1.29, 1.82) is 0 Å². The van der Waals surface area contributed by atoms with Crippen LogP contribution in [0, 0.1) is 5.92 Å².